The summed E-state index contributed by atoms with van der Waals surface area (Å²) in [5.41, 5.74) is 1.86. The fourth-order valence-electron chi connectivity index (χ4n) is 4.64. The Labute approximate surface area is 162 Å². The van der Waals surface area contributed by atoms with Gasteiger partial charge >= 0.3 is 0 Å². The Hall–Kier alpha value is -1.88. The Bertz CT molecular complexity index is 683. The fraction of sp³-hybridized carbons (Fsp3) is 0.636. The number of carbonyl (C=O) groups is 2. The molecule has 1 aromatic rings. The van der Waals surface area contributed by atoms with E-state index in [0.29, 0.717) is 5.91 Å². The number of anilines is 1. The molecule has 1 amide bonds. The van der Waals surface area contributed by atoms with Crippen LogP contribution >= 0.6 is 0 Å². The largest absolute Gasteiger partial charge is 0.371 e. The quantitative estimate of drug-likeness (QED) is 0.766. The third-order valence-electron chi connectivity index (χ3n) is 6.61. The summed E-state index contributed by atoms with van der Waals surface area (Å²) in [6, 6.07) is 8.56. The number of Topliss-reactive ketones (excluding diaryl/α,β-unsaturated/α-hetero) is 1. The molecule has 1 atom stereocenters. The number of ketones is 1. The molecule has 0 N–H and O–H groups in total. The Morgan fingerprint density at radius 3 is 2.33 bits per heavy atom. The molecule has 0 aromatic heterocycles. The standard InChI is InChI=1S/C22H31N3O2/c1-17(26)18-6-8-21(9-7-18)25-13-10-19(16-25)22(27)24-12-3-11-23(14-15-24)20-4-2-5-20/h6-9,19-20H,2-5,10-16H2,1H3. The Morgan fingerprint density at radius 1 is 0.889 bits per heavy atom. The molecule has 2 saturated heterocycles. The van der Waals surface area contributed by atoms with E-state index in [1.54, 1.807) is 6.92 Å². The zero-order chi connectivity index (χ0) is 18.8. The fourth-order valence-corrected chi connectivity index (χ4v) is 4.64. The number of carbonyl (C=O) groups excluding carboxylic acids is 2. The number of hydrogen-bond acceptors (Lipinski definition) is 4. The normalized spacial score (nSPS) is 24.6. The highest BCUT2D eigenvalue weighted by Gasteiger charge is 2.33. The molecule has 1 saturated carbocycles. The Morgan fingerprint density at radius 2 is 1.67 bits per heavy atom. The number of nitrogens with zero attached hydrogens (tertiary/aromatic N) is 3. The molecule has 1 aromatic carbocycles. The van der Waals surface area contributed by atoms with Crippen LogP contribution in [0.5, 0.6) is 0 Å². The van der Waals surface area contributed by atoms with Gasteiger partial charge in [-0.15, -0.1) is 0 Å². The SMILES string of the molecule is CC(=O)c1ccc(N2CCC(C(=O)N3CCCN(C4CCC4)CC3)C2)cc1. The molecule has 2 heterocycles. The van der Waals surface area contributed by atoms with Crippen molar-refractivity contribution in [1.82, 2.24) is 9.80 Å². The first kappa shape index (κ1) is 18.5. The zero-order valence-corrected chi connectivity index (χ0v) is 16.4. The molecular formula is C22H31N3O2. The second-order valence-electron chi connectivity index (χ2n) is 8.33. The maximum atomic E-state index is 13.1. The van der Waals surface area contributed by atoms with E-state index in [1.807, 2.05) is 24.3 Å². The summed E-state index contributed by atoms with van der Waals surface area (Å²) in [6.07, 6.45) is 6.08. The van der Waals surface area contributed by atoms with Gasteiger partial charge in [-0.3, -0.25) is 14.5 Å². The van der Waals surface area contributed by atoms with Crippen LogP contribution in [-0.4, -0.2) is 66.8 Å². The topological polar surface area (TPSA) is 43.9 Å². The average Bonchev–Trinajstić information content (AvgIpc) is 3.00. The predicted molar refractivity (Wildman–Crippen MR) is 107 cm³/mol. The van der Waals surface area contributed by atoms with E-state index >= 15 is 0 Å². The molecule has 4 rings (SSSR count). The number of benzene rings is 1. The van der Waals surface area contributed by atoms with Crippen molar-refractivity contribution in [3.63, 3.8) is 0 Å². The van der Waals surface area contributed by atoms with Crippen molar-refractivity contribution in [2.24, 2.45) is 5.92 Å². The molecule has 1 aliphatic carbocycles. The lowest BCUT2D eigenvalue weighted by molar-refractivity contribution is -0.134. The van der Waals surface area contributed by atoms with E-state index in [-0.39, 0.29) is 11.7 Å². The summed E-state index contributed by atoms with van der Waals surface area (Å²) in [5, 5.41) is 0. The first-order valence-electron chi connectivity index (χ1n) is 10.5. The van der Waals surface area contributed by atoms with Gasteiger partial charge in [-0.1, -0.05) is 6.42 Å². The van der Waals surface area contributed by atoms with Crippen LogP contribution in [-0.2, 0) is 4.79 Å². The maximum absolute atomic E-state index is 13.1. The molecule has 3 aliphatic rings. The van der Waals surface area contributed by atoms with E-state index in [0.717, 1.165) is 69.4 Å². The van der Waals surface area contributed by atoms with Crippen LogP contribution < -0.4 is 4.90 Å². The minimum atomic E-state index is 0.0909. The van der Waals surface area contributed by atoms with Crippen molar-refractivity contribution in [2.75, 3.05) is 44.2 Å². The summed E-state index contributed by atoms with van der Waals surface area (Å²) in [6.45, 7) is 7.28. The van der Waals surface area contributed by atoms with Gasteiger partial charge in [-0.05, 0) is 56.9 Å². The van der Waals surface area contributed by atoms with E-state index < -0.39 is 0 Å². The van der Waals surface area contributed by atoms with Crippen molar-refractivity contribution >= 4 is 17.4 Å². The van der Waals surface area contributed by atoms with Gasteiger partial charge in [0.1, 0.15) is 0 Å². The first-order valence-corrected chi connectivity index (χ1v) is 10.5. The van der Waals surface area contributed by atoms with Gasteiger partial charge in [0.15, 0.2) is 5.78 Å². The molecule has 0 bridgehead atoms. The van der Waals surface area contributed by atoms with Crippen LogP contribution in [0.1, 0.15) is 49.4 Å². The van der Waals surface area contributed by atoms with Gasteiger partial charge in [0.05, 0.1) is 5.92 Å². The van der Waals surface area contributed by atoms with Gasteiger partial charge in [-0.25, -0.2) is 0 Å². The molecule has 27 heavy (non-hydrogen) atoms. The second kappa shape index (κ2) is 8.01. The Balaban J connectivity index is 1.32. The van der Waals surface area contributed by atoms with Crippen LogP contribution in [0.4, 0.5) is 5.69 Å². The van der Waals surface area contributed by atoms with Crippen LogP contribution in [0.25, 0.3) is 0 Å². The van der Waals surface area contributed by atoms with E-state index in [1.165, 1.54) is 19.3 Å². The monoisotopic (exact) mass is 369 g/mol. The van der Waals surface area contributed by atoms with Gasteiger partial charge in [-0.2, -0.15) is 0 Å². The third kappa shape index (κ3) is 4.03. The van der Waals surface area contributed by atoms with E-state index in [9.17, 15) is 9.59 Å². The van der Waals surface area contributed by atoms with E-state index in [4.69, 9.17) is 0 Å². The number of rotatable bonds is 4. The van der Waals surface area contributed by atoms with Crippen LogP contribution in [0.15, 0.2) is 24.3 Å². The lowest BCUT2D eigenvalue weighted by Gasteiger charge is -2.36. The van der Waals surface area contributed by atoms with Crippen molar-refractivity contribution in [2.45, 2.75) is 45.1 Å². The molecule has 5 nitrogen and oxygen atoms in total. The predicted octanol–water partition coefficient (Wildman–Crippen LogP) is 2.80. The lowest BCUT2D eigenvalue weighted by atomic mass is 9.91. The van der Waals surface area contributed by atoms with Gasteiger partial charge in [0, 0.05) is 56.6 Å². The van der Waals surface area contributed by atoms with E-state index in [2.05, 4.69) is 14.7 Å². The molecule has 5 heteroatoms. The summed E-state index contributed by atoms with van der Waals surface area (Å²) < 4.78 is 0. The van der Waals surface area contributed by atoms with Crippen molar-refractivity contribution in [1.29, 1.82) is 0 Å². The third-order valence-corrected chi connectivity index (χ3v) is 6.61. The van der Waals surface area contributed by atoms with Crippen LogP contribution in [0, 0.1) is 5.92 Å². The molecule has 1 unspecified atom stereocenters. The maximum Gasteiger partial charge on any atom is 0.227 e. The highest BCUT2D eigenvalue weighted by molar-refractivity contribution is 5.94. The first-order chi connectivity index (χ1) is 13.1. The van der Waals surface area contributed by atoms with Crippen molar-refractivity contribution in [3.8, 4) is 0 Å². The summed E-state index contributed by atoms with van der Waals surface area (Å²) >= 11 is 0. The lowest BCUT2D eigenvalue weighted by Crippen LogP contribution is -2.43. The molecule has 3 fully saturated rings. The molecule has 2 aliphatic heterocycles. The average molecular weight is 370 g/mol. The molecule has 0 radical (unpaired) electrons. The van der Waals surface area contributed by atoms with Crippen molar-refractivity contribution in [3.05, 3.63) is 29.8 Å². The molecule has 0 spiro atoms. The van der Waals surface area contributed by atoms with Crippen LogP contribution in [0.2, 0.25) is 0 Å². The highest BCUT2D eigenvalue weighted by atomic mass is 16.2. The zero-order valence-electron chi connectivity index (χ0n) is 16.4. The van der Waals surface area contributed by atoms with Gasteiger partial charge in [0.2, 0.25) is 5.91 Å². The van der Waals surface area contributed by atoms with Gasteiger partial charge < -0.3 is 9.80 Å². The molecular weight excluding hydrogens is 338 g/mol. The summed E-state index contributed by atoms with van der Waals surface area (Å²) in [7, 11) is 0. The number of hydrogen-bond donors (Lipinski definition) is 0. The minimum absolute atomic E-state index is 0.0909. The molecule has 146 valence electrons. The second-order valence-corrected chi connectivity index (χ2v) is 8.33. The highest BCUT2D eigenvalue weighted by Crippen LogP contribution is 2.28. The summed E-state index contributed by atoms with van der Waals surface area (Å²) in [4.78, 5) is 31.5. The number of amides is 1. The smallest absolute Gasteiger partial charge is 0.227 e. The van der Waals surface area contributed by atoms with Crippen LogP contribution in [0.3, 0.4) is 0 Å². The van der Waals surface area contributed by atoms with Crippen molar-refractivity contribution < 1.29 is 9.59 Å². The van der Waals surface area contributed by atoms with Gasteiger partial charge in [0.25, 0.3) is 0 Å². The summed E-state index contributed by atoms with van der Waals surface area (Å²) in [5.74, 6) is 0.536. The minimum Gasteiger partial charge on any atom is -0.371 e. The Kier molecular flexibility index (Phi) is 5.48.